The molecule has 4 rings (SSSR count). The van der Waals surface area contributed by atoms with Crippen molar-refractivity contribution in [3.05, 3.63) is 75.2 Å². The lowest BCUT2D eigenvalue weighted by atomic mass is 9.84. The van der Waals surface area contributed by atoms with E-state index < -0.39 is 7.36 Å². The van der Waals surface area contributed by atoms with E-state index in [1.54, 1.807) is 12.1 Å². The van der Waals surface area contributed by atoms with E-state index in [1.165, 1.54) is 29.1 Å². The van der Waals surface area contributed by atoms with Gasteiger partial charge in [0.05, 0.1) is 22.1 Å². The average Bonchev–Trinajstić information content (AvgIpc) is 3.20. The zero-order valence-electron chi connectivity index (χ0n) is 20.1. The minimum Gasteiger partial charge on any atom is -0.346 e. The van der Waals surface area contributed by atoms with Crippen LogP contribution in [-0.4, -0.2) is 47.8 Å². The Balaban J connectivity index is 2.02. The lowest BCUT2D eigenvalue weighted by Crippen LogP contribution is -2.30. The zero-order chi connectivity index (χ0) is 24.0. The first-order valence-corrected chi connectivity index (χ1v) is 12.8. The van der Waals surface area contributed by atoms with Crippen LogP contribution in [0.3, 0.4) is 0 Å². The summed E-state index contributed by atoms with van der Waals surface area (Å²) in [5.74, 6) is 0. The predicted octanol–water partition coefficient (Wildman–Crippen LogP) is 6.17. The van der Waals surface area contributed by atoms with E-state index in [0.717, 1.165) is 18.4 Å². The summed E-state index contributed by atoms with van der Waals surface area (Å²) in [6.07, 6.45) is 1.97. The summed E-state index contributed by atoms with van der Waals surface area (Å²) in [6, 6.07) is 15.0. The number of fused-ring (bicyclic) bond motifs is 1. The Kier molecular flexibility index (Phi) is 5.93. The van der Waals surface area contributed by atoms with Crippen molar-refractivity contribution in [2.45, 2.75) is 33.1 Å². The smallest absolute Gasteiger partial charge is 0.269 e. The molecule has 0 N–H and O–H groups in total. The highest BCUT2D eigenvalue weighted by molar-refractivity contribution is 7.67. The van der Waals surface area contributed by atoms with E-state index in [9.17, 15) is 10.1 Å². The van der Waals surface area contributed by atoms with E-state index in [2.05, 4.69) is 68.6 Å². The van der Waals surface area contributed by atoms with E-state index in [-0.39, 0.29) is 16.0 Å². The Bertz CT molecular complexity index is 1200. The minimum absolute atomic E-state index is 0.0610. The first-order chi connectivity index (χ1) is 15.7. The number of nitro groups is 1. The molecule has 0 aromatic heterocycles. The SMILES string of the molecule is CCN(CC)[P@@]1(=Nc2ccc([N+](=O)[O-])cc2)/C(=C2\N(C)c3ccccc3C2(C)C)C=NN1C. The van der Waals surface area contributed by atoms with Crippen molar-refractivity contribution in [3.8, 4) is 0 Å². The van der Waals surface area contributed by atoms with Crippen molar-refractivity contribution in [1.82, 2.24) is 9.45 Å². The van der Waals surface area contributed by atoms with Gasteiger partial charge >= 0.3 is 0 Å². The number of non-ortho nitro benzene ring substituents is 1. The van der Waals surface area contributed by atoms with Crippen molar-refractivity contribution in [2.75, 3.05) is 32.1 Å². The van der Waals surface area contributed by atoms with E-state index >= 15 is 0 Å². The summed E-state index contributed by atoms with van der Waals surface area (Å²) in [5.41, 5.74) is 4.23. The topological polar surface area (TPSA) is 77.6 Å². The monoisotopic (exact) mass is 466 g/mol. The third kappa shape index (κ3) is 3.49. The Labute approximate surface area is 195 Å². The molecule has 0 aliphatic carbocycles. The summed E-state index contributed by atoms with van der Waals surface area (Å²) in [4.78, 5) is 13.0. The highest BCUT2D eigenvalue weighted by Crippen LogP contribution is 2.69. The van der Waals surface area contributed by atoms with Crippen LogP contribution in [0.15, 0.2) is 69.4 Å². The summed E-state index contributed by atoms with van der Waals surface area (Å²) >= 11 is 0. The van der Waals surface area contributed by atoms with Gasteiger partial charge in [-0.25, -0.2) is 14.2 Å². The number of anilines is 1. The lowest BCUT2D eigenvalue weighted by molar-refractivity contribution is -0.384. The summed E-state index contributed by atoms with van der Waals surface area (Å²) in [6.45, 7) is 10.4. The molecule has 0 bridgehead atoms. The summed E-state index contributed by atoms with van der Waals surface area (Å²) in [7, 11) is 1.63. The zero-order valence-corrected chi connectivity index (χ0v) is 21.0. The van der Waals surface area contributed by atoms with Crippen molar-refractivity contribution in [2.24, 2.45) is 9.85 Å². The minimum atomic E-state index is -2.48. The molecule has 2 aliphatic rings. The molecule has 2 aliphatic heterocycles. The number of allylic oxidation sites excluding steroid dienone is 2. The normalized spacial score (nSPS) is 23.4. The third-order valence-electron chi connectivity index (χ3n) is 6.62. The second-order valence-electron chi connectivity index (χ2n) is 8.75. The molecule has 8 nitrogen and oxygen atoms in total. The maximum absolute atomic E-state index is 11.1. The molecule has 2 aromatic carbocycles. The average molecular weight is 467 g/mol. The van der Waals surface area contributed by atoms with Crippen molar-refractivity contribution < 1.29 is 4.92 Å². The second kappa shape index (κ2) is 8.43. The molecule has 0 fully saturated rings. The quantitative estimate of drug-likeness (QED) is 0.299. The maximum atomic E-state index is 11.1. The number of likely N-dealkylation sites (N-methyl/N-ethyl adjacent to an activating group) is 1. The first kappa shape index (κ1) is 23.2. The maximum Gasteiger partial charge on any atom is 0.269 e. The van der Waals surface area contributed by atoms with Crippen LogP contribution in [-0.2, 0) is 5.41 Å². The van der Waals surface area contributed by atoms with Crippen LogP contribution in [0.4, 0.5) is 17.1 Å². The molecule has 9 heteroatoms. The standard InChI is InChI=1S/C24H31N6O2P/c1-7-29(8-2)33(26-18-13-15-19(16-14-18)30(31)32)22(17-25-28(33)6)23-24(3,4)20-11-9-10-12-21(20)27(23)5/h9-17H,7-8H2,1-6H3/b23-22-/t33-/m1/s1. The van der Waals surface area contributed by atoms with E-state index in [4.69, 9.17) is 9.85 Å². The van der Waals surface area contributed by atoms with Crippen LogP contribution in [0.2, 0.25) is 0 Å². The van der Waals surface area contributed by atoms with Gasteiger partial charge in [-0.3, -0.25) is 10.1 Å². The fourth-order valence-electron chi connectivity index (χ4n) is 5.04. The fourth-order valence-corrected chi connectivity index (χ4v) is 8.74. The molecule has 33 heavy (non-hydrogen) atoms. The van der Waals surface area contributed by atoms with Crippen molar-refractivity contribution >= 4 is 30.6 Å². The largest absolute Gasteiger partial charge is 0.346 e. The van der Waals surface area contributed by atoms with Gasteiger partial charge < -0.3 is 4.90 Å². The van der Waals surface area contributed by atoms with Crippen LogP contribution in [0.25, 0.3) is 0 Å². The molecule has 0 amide bonds. The van der Waals surface area contributed by atoms with Gasteiger partial charge in [0.25, 0.3) is 5.69 Å². The fraction of sp³-hybridized carbons (Fsp3) is 0.375. The van der Waals surface area contributed by atoms with Crippen molar-refractivity contribution in [3.63, 3.8) is 0 Å². The van der Waals surface area contributed by atoms with Crippen LogP contribution in [0.1, 0.15) is 33.3 Å². The van der Waals surface area contributed by atoms with Crippen LogP contribution in [0, 0.1) is 10.1 Å². The molecule has 0 spiro atoms. The molecule has 2 heterocycles. The van der Waals surface area contributed by atoms with Gasteiger partial charge in [-0.2, -0.15) is 5.10 Å². The molecular weight excluding hydrogens is 435 g/mol. The summed E-state index contributed by atoms with van der Waals surface area (Å²) in [5, 5.41) is 17.0. The molecular formula is C24H31N6O2P. The van der Waals surface area contributed by atoms with Crippen LogP contribution in [0.5, 0.6) is 0 Å². The number of hydrogen-bond donors (Lipinski definition) is 0. The van der Waals surface area contributed by atoms with Crippen LogP contribution < -0.4 is 4.90 Å². The molecule has 1 atom stereocenters. The van der Waals surface area contributed by atoms with E-state index in [1.807, 2.05) is 18.0 Å². The van der Waals surface area contributed by atoms with Gasteiger partial charge in [0.1, 0.15) is 0 Å². The lowest BCUT2D eigenvalue weighted by Gasteiger charge is -2.39. The Morgan fingerprint density at radius 2 is 1.73 bits per heavy atom. The molecule has 174 valence electrons. The molecule has 2 aromatic rings. The van der Waals surface area contributed by atoms with Gasteiger partial charge in [0.15, 0.2) is 7.36 Å². The van der Waals surface area contributed by atoms with Gasteiger partial charge in [-0.05, 0) is 23.8 Å². The molecule has 0 unspecified atom stereocenters. The number of hydrogen-bond acceptors (Lipinski definition) is 5. The van der Waals surface area contributed by atoms with Crippen LogP contribution >= 0.6 is 7.36 Å². The Morgan fingerprint density at radius 3 is 2.30 bits per heavy atom. The number of nitro benzene ring substituents is 1. The highest BCUT2D eigenvalue weighted by Gasteiger charge is 2.47. The van der Waals surface area contributed by atoms with E-state index in [0.29, 0.717) is 5.69 Å². The molecule has 0 saturated heterocycles. The second-order valence-corrected chi connectivity index (χ2v) is 11.7. The Hall–Kier alpha value is -2.96. The van der Waals surface area contributed by atoms with Crippen molar-refractivity contribution in [1.29, 1.82) is 0 Å². The molecule has 0 saturated carbocycles. The number of hydrazone groups is 1. The molecule has 0 radical (unpaired) electrons. The number of benzene rings is 2. The Morgan fingerprint density at radius 1 is 1.09 bits per heavy atom. The van der Waals surface area contributed by atoms with Gasteiger partial charge in [0.2, 0.25) is 0 Å². The number of para-hydroxylation sites is 1. The van der Waals surface area contributed by atoms with Gasteiger partial charge in [-0.15, -0.1) is 0 Å². The summed E-state index contributed by atoms with van der Waals surface area (Å²) < 4.78 is 9.73. The van der Waals surface area contributed by atoms with Gasteiger partial charge in [-0.1, -0.05) is 45.9 Å². The number of nitrogens with zero attached hydrogens (tertiary/aromatic N) is 6. The first-order valence-electron chi connectivity index (χ1n) is 11.2. The van der Waals surface area contributed by atoms with Gasteiger partial charge in [0, 0.05) is 56.1 Å². The number of rotatable bonds is 5. The highest BCUT2D eigenvalue weighted by atomic mass is 31.2. The third-order valence-corrected chi connectivity index (χ3v) is 10.4. The predicted molar refractivity (Wildman–Crippen MR) is 136 cm³/mol.